The molecule has 142 valence electrons. The molecule has 0 bridgehead atoms. The fraction of sp³-hybridized carbons (Fsp3) is 0.526. The van der Waals surface area contributed by atoms with Gasteiger partial charge in [0.05, 0.1) is 17.5 Å². The summed E-state index contributed by atoms with van der Waals surface area (Å²) in [6, 6.07) is 8.40. The van der Waals surface area contributed by atoms with Crippen LogP contribution in [-0.2, 0) is 4.79 Å². The van der Waals surface area contributed by atoms with Gasteiger partial charge in [0.15, 0.2) is 0 Å². The van der Waals surface area contributed by atoms with Gasteiger partial charge >= 0.3 is 0 Å². The van der Waals surface area contributed by atoms with Gasteiger partial charge in [-0.05, 0) is 60.4 Å². The third-order valence-corrected chi connectivity index (χ3v) is 6.31. The lowest BCUT2D eigenvalue weighted by Gasteiger charge is -2.39. The molecule has 1 amide bonds. The molecule has 0 aliphatic heterocycles. The Balaban J connectivity index is 1.70. The molecule has 0 saturated heterocycles. The van der Waals surface area contributed by atoms with E-state index in [9.17, 15) is 10.1 Å². The molecule has 0 atom stereocenters. The van der Waals surface area contributed by atoms with Gasteiger partial charge in [0, 0.05) is 7.05 Å². The maximum atomic E-state index is 12.7. The molecule has 8 heteroatoms. The number of aryl methyl sites for hydroxylation is 2. The molecule has 0 radical (unpaired) electrons. The Bertz CT molecular complexity index is 865. The first kappa shape index (κ1) is 19.4. The molecule has 7 nitrogen and oxygen atoms in total. The number of tetrazole rings is 1. The van der Waals surface area contributed by atoms with Gasteiger partial charge in [0.25, 0.3) is 0 Å². The molecule has 27 heavy (non-hydrogen) atoms. The summed E-state index contributed by atoms with van der Waals surface area (Å²) in [5.74, 6) is 0.128. The topological polar surface area (TPSA) is 87.7 Å². The van der Waals surface area contributed by atoms with E-state index in [1.165, 1.54) is 17.3 Å². The second-order valence-electron chi connectivity index (χ2n) is 7.09. The van der Waals surface area contributed by atoms with Crippen molar-refractivity contribution in [2.75, 3.05) is 12.8 Å². The first-order valence-corrected chi connectivity index (χ1v) is 10.1. The quantitative estimate of drug-likeness (QED) is 0.736. The molecule has 3 rings (SSSR count). The van der Waals surface area contributed by atoms with Gasteiger partial charge in [0.1, 0.15) is 5.54 Å². The van der Waals surface area contributed by atoms with Crippen molar-refractivity contribution >= 4 is 17.7 Å². The molecule has 1 heterocycles. The number of hydrogen-bond acceptors (Lipinski definition) is 6. The number of thioether (sulfide) groups is 1. The van der Waals surface area contributed by atoms with Crippen molar-refractivity contribution in [2.24, 2.45) is 0 Å². The SMILES string of the molecule is Cc1ccc(-n2nnnc2SCC(=O)N(C)C2(C#N)CCCCC2)cc1C. The van der Waals surface area contributed by atoms with Crippen LogP contribution in [0.1, 0.15) is 43.2 Å². The van der Waals surface area contributed by atoms with Crippen LogP contribution >= 0.6 is 11.8 Å². The zero-order valence-corrected chi connectivity index (χ0v) is 16.8. The highest BCUT2D eigenvalue weighted by Gasteiger charge is 2.38. The Kier molecular flexibility index (Phi) is 5.80. The van der Waals surface area contributed by atoms with Gasteiger partial charge in [-0.3, -0.25) is 4.79 Å². The van der Waals surface area contributed by atoms with Crippen molar-refractivity contribution in [3.05, 3.63) is 29.3 Å². The zero-order chi connectivity index (χ0) is 19.4. The molecule has 1 aromatic heterocycles. The molecule has 0 N–H and O–H groups in total. The van der Waals surface area contributed by atoms with E-state index >= 15 is 0 Å². The van der Waals surface area contributed by atoms with Crippen LogP contribution in [-0.4, -0.2) is 49.4 Å². The molecule has 1 fully saturated rings. The smallest absolute Gasteiger partial charge is 0.234 e. The minimum Gasteiger partial charge on any atom is -0.326 e. The first-order chi connectivity index (χ1) is 13.0. The molecule has 0 unspecified atom stereocenters. The van der Waals surface area contributed by atoms with Crippen molar-refractivity contribution in [1.29, 1.82) is 5.26 Å². The van der Waals surface area contributed by atoms with Gasteiger partial charge in [-0.25, -0.2) is 0 Å². The standard InChI is InChI=1S/C19H24N6OS/c1-14-7-8-16(11-15(14)2)25-18(21-22-23-25)27-12-17(26)24(3)19(13-20)9-5-4-6-10-19/h7-8,11H,4-6,9-10,12H2,1-3H3. The third-order valence-electron chi connectivity index (χ3n) is 5.41. The molecule has 0 spiro atoms. The summed E-state index contributed by atoms with van der Waals surface area (Å²) >= 11 is 1.29. The Labute approximate surface area is 163 Å². The number of nitriles is 1. The summed E-state index contributed by atoms with van der Waals surface area (Å²) in [7, 11) is 1.74. The van der Waals surface area contributed by atoms with Crippen LogP contribution < -0.4 is 0 Å². The summed E-state index contributed by atoms with van der Waals surface area (Å²) in [6.45, 7) is 4.10. The van der Waals surface area contributed by atoms with Crippen LogP contribution in [0, 0.1) is 25.2 Å². The van der Waals surface area contributed by atoms with E-state index in [1.54, 1.807) is 16.6 Å². The highest BCUT2D eigenvalue weighted by Crippen LogP contribution is 2.33. The lowest BCUT2D eigenvalue weighted by atomic mass is 9.81. The Morgan fingerprint density at radius 2 is 2.04 bits per heavy atom. The number of benzene rings is 1. The maximum Gasteiger partial charge on any atom is 0.234 e. The monoisotopic (exact) mass is 384 g/mol. The molecule has 1 aromatic carbocycles. The lowest BCUT2D eigenvalue weighted by molar-refractivity contribution is -0.131. The fourth-order valence-electron chi connectivity index (χ4n) is 3.41. The minimum absolute atomic E-state index is 0.0712. The third kappa shape index (κ3) is 3.98. The molecule has 1 aliphatic rings. The van der Waals surface area contributed by atoms with E-state index in [0.717, 1.165) is 43.4 Å². The maximum absolute atomic E-state index is 12.7. The van der Waals surface area contributed by atoms with E-state index in [1.807, 2.05) is 25.1 Å². The van der Waals surface area contributed by atoms with Crippen molar-refractivity contribution in [1.82, 2.24) is 25.1 Å². The van der Waals surface area contributed by atoms with Crippen molar-refractivity contribution < 1.29 is 4.79 Å². The number of rotatable bonds is 5. The average molecular weight is 385 g/mol. The number of hydrogen-bond donors (Lipinski definition) is 0. The van der Waals surface area contributed by atoms with Crippen molar-refractivity contribution in [2.45, 2.75) is 56.6 Å². The van der Waals surface area contributed by atoms with E-state index in [-0.39, 0.29) is 11.7 Å². The second-order valence-corrected chi connectivity index (χ2v) is 8.03. The Hall–Kier alpha value is -2.40. The van der Waals surface area contributed by atoms with E-state index in [0.29, 0.717) is 5.16 Å². The van der Waals surface area contributed by atoms with Gasteiger partial charge in [0.2, 0.25) is 11.1 Å². The molecule has 1 aliphatic carbocycles. The fourth-order valence-corrected chi connectivity index (χ4v) is 4.21. The Morgan fingerprint density at radius 1 is 1.30 bits per heavy atom. The van der Waals surface area contributed by atoms with Gasteiger partial charge in [-0.1, -0.05) is 37.1 Å². The second kappa shape index (κ2) is 8.09. The normalized spacial score (nSPS) is 15.9. The van der Waals surface area contributed by atoms with Crippen molar-refractivity contribution in [3.8, 4) is 11.8 Å². The van der Waals surface area contributed by atoms with Gasteiger partial charge in [-0.15, -0.1) is 5.10 Å². The predicted molar refractivity (Wildman–Crippen MR) is 104 cm³/mol. The number of carbonyl (C=O) groups excluding carboxylic acids is 1. The molecular formula is C19H24N6OS. The number of aromatic nitrogens is 4. The van der Waals surface area contributed by atoms with E-state index < -0.39 is 5.54 Å². The number of carbonyl (C=O) groups is 1. The van der Waals surface area contributed by atoms with Gasteiger partial charge < -0.3 is 4.90 Å². The molecule has 2 aromatic rings. The highest BCUT2D eigenvalue weighted by molar-refractivity contribution is 7.99. The number of amides is 1. The van der Waals surface area contributed by atoms with Crippen LogP contribution in [0.2, 0.25) is 0 Å². The van der Waals surface area contributed by atoms with Crippen LogP contribution in [0.15, 0.2) is 23.4 Å². The molecular weight excluding hydrogens is 360 g/mol. The summed E-state index contributed by atoms with van der Waals surface area (Å²) < 4.78 is 1.64. The summed E-state index contributed by atoms with van der Waals surface area (Å²) in [5, 5.41) is 22.1. The zero-order valence-electron chi connectivity index (χ0n) is 16.0. The van der Waals surface area contributed by atoms with Crippen LogP contribution in [0.25, 0.3) is 5.69 Å². The number of nitrogens with zero attached hydrogens (tertiary/aromatic N) is 6. The van der Waals surface area contributed by atoms with Crippen molar-refractivity contribution in [3.63, 3.8) is 0 Å². The first-order valence-electron chi connectivity index (χ1n) is 9.13. The summed E-state index contributed by atoms with van der Waals surface area (Å²) in [4.78, 5) is 14.4. The van der Waals surface area contributed by atoms with Crippen LogP contribution in [0.5, 0.6) is 0 Å². The Morgan fingerprint density at radius 3 is 2.70 bits per heavy atom. The summed E-state index contributed by atoms with van der Waals surface area (Å²) in [5.41, 5.74) is 2.55. The lowest BCUT2D eigenvalue weighted by Crippen LogP contribution is -2.50. The van der Waals surface area contributed by atoms with Gasteiger partial charge in [-0.2, -0.15) is 9.94 Å². The van der Waals surface area contributed by atoms with Crippen LogP contribution in [0.3, 0.4) is 0 Å². The molecule has 1 saturated carbocycles. The predicted octanol–water partition coefficient (Wildman–Crippen LogP) is 3.06. The van der Waals surface area contributed by atoms with Crippen LogP contribution in [0.4, 0.5) is 0 Å². The minimum atomic E-state index is -0.671. The largest absolute Gasteiger partial charge is 0.326 e. The van der Waals surface area contributed by atoms with E-state index in [2.05, 4.69) is 28.5 Å². The summed E-state index contributed by atoms with van der Waals surface area (Å²) in [6.07, 6.45) is 4.60. The van der Waals surface area contributed by atoms with E-state index in [4.69, 9.17) is 0 Å². The highest BCUT2D eigenvalue weighted by atomic mass is 32.2. The average Bonchev–Trinajstić information content (AvgIpc) is 3.16.